The van der Waals surface area contributed by atoms with E-state index in [2.05, 4.69) is 16.6 Å². The first-order chi connectivity index (χ1) is 7.13. The van der Waals surface area contributed by atoms with E-state index < -0.39 is 0 Å². The number of rotatable bonds is 3. The van der Waals surface area contributed by atoms with Crippen molar-refractivity contribution >= 4 is 17.8 Å². The van der Waals surface area contributed by atoms with Crippen LogP contribution < -0.4 is 10.6 Å². The summed E-state index contributed by atoms with van der Waals surface area (Å²) in [6, 6.07) is -0.0150. The smallest absolute Gasteiger partial charge is 0.316 e. The van der Waals surface area contributed by atoms with Gasteiger partial charge in [0, 0.05) is 11.8 Å². The van der Waals surface area contributed by atoms with E-state index in [0.29, 0.717) is 6.04 Å². The van der Waals surface area contributed by atoms with E-state index in [1.165, 1.54) is 0 Å². The first-order valence-electron chi connectivity index (χ1n) is 5.24. The summed E-state index contributed by atoms with van der Waals surface area (Å²) in [5.74, 6) is 4.99. The van der Waals surface area contributed by atoms with Crippen molar-refractivity contribution in [3.63, 3.8) is 0 Å². The topological polar surface area (TPSA) is 41.1 Å². The molecule has 1 saturated heterocycles. The maximum atomic E-state index is 11.5. The van der Waals surface area contributed by atoms with Gasteiger partial charge in [-0.05, 0) is 18.1 Å². The van der Waals surface area contributed by atoms with E-state index in [-0.39, 0.29) is 18.0 Å². The van der Waals surface area contributed by atoms with Crippen molar-refractivity contribution in [1.82, 2.24) is 10.6 Å². The van der Waals surface area contributed by atoms with Crippen LogP contribution in [0, 0.1) is 18.3 Å². The van der Waals surface area contributed by atoms with Gasteiger partial charge in [-0.3, -0.25) is 0 Å². The number of thioether (sulfide) groups is 1. The molecule has 1 aliphatic heterocycles. The first-order valence-corrected chi connectivity index (χ1v) is 6.40. The van der Waals surface area contributed by atoms with Crippen molar-refractivity contribution in [2.75, 3.05) is 11.5 Å². The Balaban J connectivity index is 2.31. The van der Waals surface area contributed by atoms with Gasteiger partial charge in [-0.15, -0.1) is 6.42 Å². The van der Waals surface area contributed by atoms with E-state index in [0.717, 1.165) is 17.9 Å². The van der Waals surface area contributed by atoms with Crippen LogP contribution in [-0.4, -0.2) is 29.6 Å². The van der Waals surface area contributed by atoms with Gasteiger partial charge in [0.1, 0.15) is 0 Å². The second-order valence-corrected chi connectivity index (χ2v) is 5.22. The molecular formula is C11H18N2OS. The average molecular weight is 226 g/mol. The first kappa shape index (κ1) is 12.3. The van der Waals surface area contributed by atoms with Gasteiger partial charge in [-0.2, -0.15) is 11.8 Å². The highest BCUT2D eigenvalue weighted by Crippen LogP contribution is 2.16. The summed E-state index contributed by atoms with van der Waals surface area (Å²) in [5, 5.41) is 5.73. The third kappa shape index (κ3) is 4.05. The van der Waals surface area contributed by atoms with Crippen molar-refractivity contribution in [2.45, 2.75) is 32.4 Å². The zero-order valence-corrected chi connectivity index (χ0v) is 10.1. The zero-order valence-electron chi connectivity index (χ0n) is 9.25. The number of urea groups is 1. The van der Waals surface area contributed by atoms with Crippen LogP contribution in [0.3, 0.4) is 0 Å². The Labute approximate surface area is 95.8 Å². The summed E-state index contributed by atoms with van der Waals surface area (Å²) in [5.41, 5.74) is 0. The Morgan fingerprint density at radius 2 is 2.33 bits per heavy atom. The highest BCUT2D eigenvalue weighted by Gasteiger charge is 2.19. The fourth-order valence-corrected chi connectivity index (χ4v) is 2.57. The van der Waals surface area contributed by atoms with Crippen LogP contribution in [0.4, 0.5) is 4.79 Å². The van der Waals surface area contributed by atoms with Crippen molar-refractivity contribution in [1.29, 1.82) is 0 Å². The minimum absolute atomic E-state index is 0.140. The number of terminal acetylenes is 1. The number of amides is 2. The van der Waals surface area contributed by atoms with E-state index in [1.54, 1.807) is 0 Å². The molecule has 0 unspecified atom stereocenters. The lowest BCUT2D eigenvalue weighted by atomic mass is 10.1. The molecule has 84 valence electrons. The lowest BCUT2D eigenvalue weighted by Gasteiger charge is -2.19. The predicted molar refractivity (Wildman–Crippen MR) is 64.9 cm³/mol. The standard InChI is InChI=1S/C11H18N2OS/c1-4-10(8(2)3)13-11(14)12-9-5-6-15-7-9/h1,8-10H,5-7H2,2-3H3,(H2,12,13,14)/t9-,10-/m1/s1. The molecule has 1 rings (SSSR count). The second-order valence-electron chi connectivity index (χ2n) is 4.07. The molecule has 2 atom stereocenters. The van der Waals surface area contributed by atoms with Crippen molar-refractivity contribution in [2.24, 2.45) is 5.92 Å². The Morgan fingerprint density at radius 1 is 1.60 bits per heavy atom. The maximum absolute atomic E-state index is 11.5. The maximum Gasteiger partial charge on any atom is 0.316 e. The summed E-state index contributed by atoms with van der Waals surface area (Å²) in [6.45, 7) is 3.99. The minimum Gasteiger partial charge on any atom is -0.335 e. The summed E-state index contributed by atoms with van der Waals surface area (Å²) >= 11 is 1.87. The molecule has 4 heteroatoms. The Bertz CT molecular complexity index is 254. The summed E-state index contributed by atoms with van der Waals surface area (Å²) in [7, 11) is 0. The van der Waals surface area contributed by atoms with Gasteiger partial charge < -0.3 is 10.6 Å². The summed E-state index contributed by atoms with van der Waals surface area (Å²) in [6.07, 6.45) is 6.39. The van der Waals surface area contributed by atoms with Crippen LogP contribution in [0.25, 0.3) is 0 Å². The minimum atomic E-state index is -0.181. The zero-order chi connectivity index (χ0) is 11.3. The number of carbonyl (C=O) groups excluding carboxylic acids is 1. The van der Waals surface area contributed by atoms with Gasteiger partial charge in [-0.25, -0.2) is 4.79 Å². The highest BCUT2D eigenvalue weighted by atomic mass is 32.2. The van der Waals surface area contributed by atoms with E-state index in [9.17, 15) is 4.79 Å². The van der Waals surface area contributed by atoms with Gasteiger partial charge in [-0.1, -0.05) is 19.8 Å². The Kier molecular flexibility index (Phi) is 4.83. The third-order valence-electron chi connectivity index (χ3n) is 2.40. The molecule has 0 radical (unpaired) electrons. The molecule has 15 heavy (non-hydrogen) atoms. The van der Waals surface area contributed by atoms with Gasteiger partial charge in [0.15, 0.2) is 0 Å². The Morgan fingerprint density at radius 3 is 2.80 bits per heavy atom. The summed E-state index contributed by atoms with van der Waals surface area (Å²) in [4.78, 5) is 11.5. The van der Waals surface area contributed by atoms with E-state index in [1.807, 2.05) is 25.6 Å². The molecule has 2 N–H and O–H groups in total. The number of carbonyl (C=O) groups is 1. The van der Waals surface area contributed by atoms with Crippen molar-refractivity contribution < 1.29 is 4.79 Å². The molecule has 0 bridgehead atoms. The average Bonchev–Trinajstić information content (AvgIpc) is 2.66. The monoisotopic (exact) mass is 226 g/mol. The molecule has 1 aliphatic rings. The molecule has 0 aromatic carbocycles. The predicted octanol–water partition coefficient (Wildman–Crippen LogP) is 1.45. The fourth-order valence-electron chi connectivity index (χ4n) is 1.42. The van der Waals surface area contributed by atoms with E-state index >= 15 is 0 Å². The van der Waals surface area contributed by atoms with Crippen LogP contribution in [0.2, 0.25) is 0 Å². The molecule has 0 spiro atoms. The molecular weight excluding hydrogens is 208 g/mol. The molecule has 1 heterocycles. The Hall–Kier alpha value is -0.820. The molecule has 0 aromatic heterocycles. The fraction of sp³-hybridized carbons (Fsp3) is 0.727. The van der Waals surface area contributed by atoms with Crippen LogP contribution in [0.5, 0.6) is 0 Å². The molecule has 0 aliphatic carbocycles. The van der Waals surface area contributed by atoms with Crippen LogP contribution >= 0.6 is 11.8 Å². The number of hydrogen-bond acceptors (Lipinski definition) is 2. The lowest BCUT2D eigenvalue weighted by molar-refractivity contribution is 0.234. The van der Waals surface area contributed by atoms with Gasteiger partial charge in [0.05, 0.1) is 6.04 Å². The van der Waals surface area contributed by atoms with Gasteiger partial charge in [0.2, 0.25) is 0 Å². The molecule has 2 amide bonds. The van der Waals surface area contributed by atoms with Gasteiger partial charge >= 0.3 is 6.03 Å². The number of nitrogens with one attached hydrogen (secondary N) is 2. The molecule has 3 nitrogen and oxygen atoms in total. The van der Waals surface area contributed by atoms with Crippen LogP contribution in [0.1, 0.15) is 20.3 Å². The SMILES string of the molecule is C#C[C@@H](NC(=O)N[C@@H]1CCSC1)C(C)C. The molecule has 0 saturated carbocycles. The van der Waals surface area contributed by atoms with Gasteiger partial charge in [0.25, 0.3) is 0 Å². The molecule has 0 aromatic rings. The van der Waals surface area contributed by atoms with Crippen LogP contribution in [-0.2, 0) is 0 Å². The van der Waals surface area contributed by atoms with Crippen molar-refractivity contribution in [3.05, 3.63) is 0 Å². The molecule has 1 fully saturated rings. The highest BCUT2D eigenvalue weighted by molar-refractivity contribution is 7.99. The van der Waals surface area contributed by atoms with Crippen molar-refractivity contribution in [3.8, 4) is 12.3 Å². The third-order valence-corrected chi connectivity index (χ3v) is 3.56. The largest absolute Gasteiger partial charge is 0.335 e. The summed E-state index contributed by atoms with van der Waals surface area (Å²) < 4.78 is 0. The quantitative estimate of drug-likeness (QED) is 0.715. The van der Waals surface area contributed by atoms with Crippen LogP contribution in [0.15, 0.2) is 0 Å². The number of hydrogen-bond donors (Lipinski definition) is 2. The second kappa shape index (κ2) is 5.92. The van der Waals surface area contributed by atoms with E-state index in [4.69, 9.17) is 6.42 Å². The lowest BCUT2D eigenvalue weighted by Crippen LogP contribution is -2.47. The normalized spacial score (nSPS) is 22.1.